The summed E-state index contributed by atoms with van der Waals surface area (Å²) < 4.78 is 5.91. The van der Waals surface area contributed by atoms with E-state index in [1.54, 1.807) is 6.92 Å². The number of aliphatic hydroxyl groups excluding tert-OH is 1. The number of cyclic esters (lactones) is 1. The fourth-order valence-corrected chi connectivity index (χ4v) is 1.95. The van der Waals surface area contributed by atoms with Crippen LogP contribution in [-0.2, 0) is 4.74 Å². The number of nitrogens with zero attached hydrogens (tertiary/aromatic N) is 1. The maximum Gasteiger partial charge on any atom is 0.415 e. The van der Waals surface area contributed by atoms with Crippen LogP contribution in [0.2, 0.25) is 0 Å². The highest BCUT2D eigenvalue weighted by Crippen LogP contribution is 2.31. The zero-order valence-electron chi connectivity index (χ0n) is 8.81. The van der Waals surface area contributed by atoms with Crippen LogP contribution in [0.25, 0.3) is 0 Å². The van der Waals surface area contributed by atoms with Gasteiger partial charge in [0, 0.05) is 10.2 Å². The molecular formula is C11H12BrNO3. The van der Waals surface area contributed by atoms with Crippen molar-refractivity contribution in [2.75, 3.05) is 18.1 Å². The Balaban J connectivity index is 2.37. The summed E-state index contributed by atoms with van der Waals surface area (Å²) in [5.41, 5.74) is 0.0486. The molecule has 1 atom stereocenters. The van der Waals surface area contributed by atoms with Crippen LogP contribution in [0.1, 0.15) is 6.92 Å². The molecule has 1 saturated heterocycles. The first kappa shape index (κ1) is 11.4. The van der Waals surface area contributed by atoms with Crippen molar-refractivity contribution >= 4 is 27.7 Å². The van der Waals surface area contributed by atoms with Gasteiger partial charge >= 0.3 is 6.09 Å². The molecule has 2 rings (SSSR count). The van der Waals surface area contributed by atoms with Crippen LogP contribution >= 0.6 is 15.9 Å². The van der Waals surface area contributed by atoms with E-state index in [1.165, 1.54) is 4.90 Å². The van der Waals surface area contributed by atoms with Crippen molar-refractivity contribution in [3.8, 4) is 0 Å². The van der Waals surface area contributed by atoms with Gasteiger partial charge in [-0.15, -0.1) is 0 Å². The number of hydrogen-bond donors (Lipinski definition) is 1. The SMILES string of the molecule is CC1(CO)COC(=O)N1c1ccc(Br)cc1. The molecule has 0 aliphatic carbocycles. The predicted octanol–water partition coefficient (Wildman–Crippen LogP) is 2.16. The summed E-state index contributed by atoms with van der Waals surface area (Å²) in [5, 5.41) is 9.35. The fourth-order valence-electron chi connectivity index (χ4n) is 1.69. The Hall–Kier alpha value is -1.07. The molecule has 0 spiro atoms. The Bertz CT molecular complexity index is 406. The second kappa shape index (κ2) is 4.07. The molecule has 1 heterocycles. The Morgan fingerprint density at radius 2 is 2.12 bits per heavy atom. The Morgan fingerprint density at radius 3 is 2.69 bits per heavy atom. The summed E-state index contributed by atoms with van der Waals surface area (Å²) in [6, 6.07) is 7.31. The molecule has 1 aromatic carbocycles. The van der Waals surface area contributed by atoms with Gasteiger partial charge < -0.3 is 9.84 Å². The number of anilines is 1. The summed E-state index contributed by atoms with van der Waals surface area (Å²) in [6.07, 6.45) is -0.418. The van der Waals surface area contributed by atoms with Crippen LogP contribution in [0.5, 0.6) is 0 Å². The molecule has 1 amide bonds. The topological polar surface area (TPSA) is 49.8 Å². The number of carbonyl (C=O) groups is 1. The average molecular weight is 286 g/mol. The lowest BCUT2D eigenvalue weighted by molar-refractivity contribution is 0.155. The van der Waals surface area contributed by atoms with E-state index in [2.05, 4.69) is 15.9 Å². The summed E-state index contributed by atoms with van der Waals surface area (Å²) in [5.74, 6) is 0. The Kier molecular flexibility index (Phi) is 2.90. The standard InChI is InChI=1S/C11H12BrNO3/c1-11(6-14)7-16-10(15)13(11)9-4-2-8(12)3-5-9/h2-5,14H,6-7H2,1H3. The van der Waals surface area contributed by atoms with Gasteiger partial charge in [-0.3, -0.25) is 4.90 Å². The lowest BCUT2D eigenvalue weighted by Crippen LogP contribution is -2.47. The van der Waals surface area contributed by atoms with Crippen LogP contribution in [0.3, 0.4) is 0 Å². The van der Waals surface area contributed by atoms with Crippen LogP contribution in [0.4, 0.5) is 10.5 Å². The van der Waals surface area contributed by atoms with E-state index in [1.807, 2.05) is 24.3 Å². The van der Waals surface area contributed by atoms with Gasteiger partial charge in [-0.05, 0) is 31.2 Å². The third kappa shape index (κ3) is 1.81. The maximum absolute atomic E-state index is 11.6. The minimum Gasteiger partial charge on any atom is -0.447 e. The van der Waals surface area contributed by atoms with E-state index in [-0.39, 0.29) is 13.2 Å². The number of ether oxygens (including phenoxy) is 1. The highest BCUT2D eigenvalue weighted by Gasteiger charge is 2.44. The average Bonchev–Trinajstić information content (AvgIpc) is 2.58. The van der Waals surface area contributed by atoms with Crippen molar-refractivity contribution in [2.45, 2.75) is 12.5 Å². The number of hydrogen-bond acceptors (Lipinski definition) is 3. The number of carbonyl (C=O) groups excluding carboxylic acids is 1. The van der Waals surface area contributed by atoms with Crippen molar-refractivity contribution < 1.29 is 14.6 Å². The van der Waals surface area contributed by atoms with E-state index >= 15 is 0 Å². The smallest absolute Gasteiger partial charge is 0.415 e. The molecule has 0 aromatic heterocycles. The van der Waals surface area contributed by atoms with Gasteiger partial charge in [0.05, 0.1) is 6.61 Å². The van der Waals surface area contributed by atoms with Crippen molar-refractivity contribution in [2.24, 2.45) is 0 Å². The first-order valence-corrected chi connectivity index (χ1v) is 5.69. The van der Waals surface area contributed by atoms with E-state index in [0.717, 1.165) is 10.2 Å². The lowest BCUT2D eigenvalue weighted by Gasteiger charge is -2.29. The van der Waals surface area contributed by atoms with Crippen LogP contribution in [0, 0.1) is 0 Å². The van der Waals surface area contributed by atoms with E-state index in [0.29, 0.717) is 0 Å². The number of aliphatic hydroxyl groups is 1. The molecule has 1 unspecified atom stereocenters. The van der Waals surface area contributed by atoms with Crippen LogP contribution in [0.15, 0.2) is 28.7 Å². The quantitative estimate of drug-likeness (QED) is 0.906. The Labute approximate surface area is 102 Å². The molecular weight excluding hydrogens is 274 g/mol. The van der Waals surface area contributed by atoms with E-state index in [9.17, 15) is 9.90 Å². The molecule has 1 aliphatic rings. The molecule has 0 saturated carbocycles. The van der Waals surface area contributed by atoms with Gasteiger partial charge in [0.1, 0.15) is 12.1 Å². The minimum atomic E-state index is -0.676. The number of amides is 1. The van der Waals surface area contributed by atoms with Crippen molar-refractivity contribution in [3.05, 3.63) is 28.7 Å². The van der Waals surface area contributed by atoms with Crippen LogP contribution in [-0.4, -0.2) is 30.0 Å². The molecule has 1 aromatic rings. The second-order valence-electron chi connectivity index (χ2n) is 4.02. The summed E-state index contributed by atoms with van der Waals surface area (Å²) in [7, 11) is 0. The summed E-state index contributed by atoms with van der Waals surface area (Å²) >= 11 is 3.33. The molecule has 4 nitrogen and oxygen atoms in total. The van der Waals surface area contributed by atoms with Gasteiger partial charge in [-0.1, -0.05) is 15.9 Å². The molecule has 1 fully saturated rings. The van der Waals surface area contributed by atoms with Gasteiger partial charge in [0.25, 0.3) is 0 Å². The van der Waals surface area contributed by atoms with E-state index < -0.39 is 11.6 Å². The zero-order chi connectivity index (χ0) is 11.8. The first-order valence-electron chi connectivity index (χ1n) is 4.90. The van der Waals surface area contributed by atoms with Crippen molar-refractivity contribution in [1.29, 1.82) is 0 Å². The number of benzene rings is 1. The minimum absolute atomic E-state index is 0.130. The molecule has 86 valence electrons. The van der Waals surface area contributed by atoms with Gasteiger partial charge in [-0.25, -0.2) is 4.79 Å². The van der Waals surface area contributed by atoms with Crippen molar-refractivity contribution in [1.82, 2.24) is 0 Å². The third-order valence-corrected chi connectivity index (χ3v) is 3.18. The van der Waals surface area contributed by atoms with E-state index in [4.69, 9.17) is 4.74 Å². The molecule has 5 heteroatoms. The Morgan fingerprint density at radius 1 is 1.50 bits per heavy atom. The predicted molar refractivity (Wildman–Crippen MR) is 63.5 cm³/mol. The number of rotatable bonds is 2. The lowest BCUT2D eigenvalue weighted by atomic mass is 10.0. The normalized spacial score (nSPS) is 24.7. The molecule has 16 heavy (non-hydrogen) atoms. The van der Waals surface area contributed by atoms with Gasteiger partial charge in [-0.2, -0.15) is 0 Å². The maximum atomic E-state index is 11.6. The zero-order valence-corrected chi connectivity index (χ0v) is 10.4. The molecule has 1 N–H and O–H groups in total. The van der Waals surface area contributed by atoms with Gasteiger partial charge in [0.15, 0.2) is 0 Å². The van der Waals surface area contributed by atoms with Crippen LogP contribution < -0.4 is 4.90 Å². The molecule has 0 bridgehead atoms. The molecule has 0 radical (unpaired) electrons. The number of halogens is 1. The monoisotopic (exact) mass is 285 g/mol. The highest BCUT2D eigenvalue weighted by molar-refractivity contribution is 9.10. The van der Waals surface area contributed by atoms with Gasteiger partial charge in [0.2, 0.25) is 0 Å². The highest BCUT2D eigenvalue weighted by atomic mass is 79.9. The molecule has 1 aliphatic heterocycles. The summed E-state index contributed by atoms with van der Waals surface area (Å²) in [4.78, 5) is 13.1. The summed E-state index contributed by atoms with van der Waals surface area (Å²) in [6.45, 7) is 1.87. The second-order valence-corrected chi connectivity index (χ2v) is 4.94. The fraction of sp³-hybridized carbons (Fsp3) is 0.364. The third-order valence-electron chi connectivity index (χ3n) is 2.65. The first-order chi connectivity index (χ1) is 7.57. The largest absolute Gasteiger partial charge is 0.447 e. The van der Waals surface area contributed by atoms with Crippen molar-refractivity contribution in [3.63, 3.8) is 0 Å².